The van der Waals surface area contributed by atoms with E-state index in [1.165, 1.54) is 0 Å². The van der Waals surface area contributed by atoms with Crippen LogP contribution in [0.25, 0.3) is 0 Å². The van der Waals surface area contributed by atoms with Crippen LogP contribution in [0.1, 0.15) is 13.8 Å². The summed E-state index contributed by atoms with van der Waals surface area (Å²) in [4.78, 5) is 0. The van der Waals surface area contributed by atoms with Gasteiger partial charge in [0, 0.05) is 28.7 Å². The third-order valence-electron chi connectivity index (χ3n) is 4.20. The Morgan fingerprint density at radius 1 is 0.774 bits per heavy atom. The topological polar surface area (TPSA) is 60.0 Å². The van der Waals surface area contributed by atoms with Gasteiger partial charge >= 0.3 is 0 Å². The normalized spacial score (nSPS) is 11.9. The number of rotatable bonds is 10. The highest BCUT2D eigenvalue weighted by molar-refractivity contribution is 6.30. The highest BCUT2D eigenvalue weighted by atomic mass is 35.5. The molecule has 0 amide bonds. The van der Waals surface area contributed by atoms with Crippen LogP contribution < -0.4 is 19.5 Å². The zero-order chi connectivity index (χ0) is 22.2. The number of benzene rings is 3. The number of ether oxygens (including phenoxy) is 3. The lowest BCUT2D eigenvalue weighted by atomic mass is 10.2. The van der Waals surface area contributed by atoms with Crippen LogP contribution in [-0.4, -0.2) is 30.4 Å². The third kappa shape index (κ3) is 7.64. The molecule has 0 saturated heterocycles. The maximum absolute atomic E-state index is 10.1. The molecule has 1 unspecified atom stereocenters. The minimum atomic E-state index is -0.631. The van der Waals surface area contributed by atoms with Crippen LogP contribution in [-0.2, 0) is 0 Å². The predicted octanol–water partition coefficient (Wildman–Crippen LogP) is 6.32. The van der Waals surface area contributed by atoms with Crippen molar-refractivity contribution in [3.05, 3.63) is 76.8 Å². The van der Waals surface area contributed by atoms with E-state index in [0.717, 1.165) is 0 Å². The maximum Gasteiger partial charge on any atom is 0.173 e. The van der Waals surface area contributed by atoms with E-state index in [2.05, 4.69) is 5.32 Å². The SMILES string of the molecule is CC(C)NCC(O)COc1ccc(Oc2ccc(Cl)cc2)c(Oc2ccc(Cl)cc2)c1. The highest BCUT2D eigenvalue weighted by Gasteiger charge is 2.12. The molecule has 0 aliphatic heterocycles. The van der Waals surface area contributed by atoms with Gasteiger partial charge in [-0.1, -0.05) is 37.0 Å². The van der Waals surface area contributed by atoms with Gasteiger partial charge in [-0.2, -0.15) is 0 Å². The Hall–Kier alpha value is -2.44. The van der Waals surface area contributed by atoms with Gasteiger partial charge in [-0.05, 0) is 60.7 Å². The van der Waals surface area contributed by atoms with E-state index >= 15 is 0 Å². The van der Waals surface area contributed by atoms with E-state index in [9.17, 15) is 5.11 Å². The van der Waals surface area contributed by atoms with Gasteiger partial charge in [0.1, 0.15) is 30.0 Å². The number of hydrogen-bond acceptors (Lipinski definition) is 5. The van der Waals surface area contributed by atoms with Gasteiger partial charge in [0.15, 0.2) is 11.5 Å². The van der Waals surface area contributed by atoms with Crippen LogP contribution in [0.2, 0.25) is 10.0 Å². The number of hydrogen-bond donors (Lipinski definition) is 2. The zero-order valence-corrected chi connectivity index (χ0v) is 18.9. The van der Waals surface area contributed by atoms with Crippen molar-refractivity contribution < 1.29 is 19.3 Å². The highest BCUT2D eigenvalue weighted by Crippen LogP contribution is 2.38. The van der Waals surface area contributed by atoms with E-state index in [1.54, 1.807) is 66.7 Å². The fraction of sp³-hybridized carbons (Fsp3) is 0.250. The minimum Gasteiger partial charge on any atom is -0.491 e. The average Bonchev–Trinajstić information content (AvgIpc) is 2.75. The summed E-state index contributed by atoms with van der Waals surface area (Å²) in [6, 6.07) is 19.6. The van der Waals surface area contributed by atoms with Crippen LogP contribution >= 0.6 is 23.2 Å². The number of nitrogens with one attached hydrogen (secondary N) is 1. The van der Waals surface area contributed by atoms with E-state index < -0.39 is 6.10 Å². The molecule has 3 aromatic rings. The molecule has 1 atom stereocenters. The van der Waals surface area contributed by atoms with Gasteiger partial charge < -0.3 is 24.6 Å². The van der Waals surface area contributed by atoms with Crippen molar-refractivity contribution in [1.29, 1.82) is 0 Å². The summed E-state index contributed by atoms with van der Waals surface area (Å²) in [6.45, 7) is 4.64. The summed E-state index contributed by atoms with van der Waals surface area (Å²) in [5, 5.41) is 14.5. The molecule has 7 heteroatoms. The van der Waals surface area contributed by atoms with Crippen molar-refractivity contribution in [2.24, 2.45) is 0 Å². The van der Waals surface area contributed by atoms with Crippen molar-refractivity contribution >= 4 is 23.2 Å². The van der Waals surface area contributed by atoms with Crippen LogP contribution in [0.5, 0.6) is 28.7 Å². The van der Waals surface area contributed by atoms with Gasteiger partial charge in [-0.25, -0.2) is 0 Å². The lowest BCUT2D eigenvalue weighted by Gasteiger charge is -2.17. The van der Waals surface area contributed by atoms with Gasteiger partial charge in [0.05, 0.1) is 0 Å². The summed E-state index contributed by atoms with van der Waals surface area (Å²) in [6.07, 6.45) is -0.631. The molecular formula is C24H25Cl2NO4. The molecule has 0 fully saturated rings. The summed E-state index contributed by atoms with van der Waals surface area (Å²) in [5.41, 5.74) is 0. The molecule has 0 aliphatic rings. The molecule has 0 spiro atoms. The largest absolute Gasteiger partial charge is 0.491 e. The lowest BCUT2D eigenvalue weighted by molar-refractivity contribution is 0.104. The van der Waals surface area contributed by atoms with Crippen molar-refractivity contribution in [3.8, 4) is 28.7 Å². The van der Waals surface area contributed by atoms with Crippen LogP contribution in [0.3, 0.4) is 0 Å². The first-order valence-electron chi connectivity index (χ1n) is 9.94. The molecule has 0 saturated carbocycles. The molecule has 0 radical (unpaired) electrons. The molecule has 0 heterocycles. The Labute approximate surface area is 192 Å². The summed E-state index contributed by atoms with van der Waals surface area (Å²) >= 11 is 11.9. The van der Waals surface area contributed by atoms with E-state index in [1.807, 2.05) is 13.8 Å². The quantitative estimate of drug-likeness (QED) is 0.370. The van der Waals surface area contributed by atoms with Gasteiger partial charge in [-0.15, -0.1) is 0 Å². The molecule has 2 N–H and O–H groups in total. The second-order valence-corrected chi connectivity index (χ2v) is 8.12. The molecule has 31 heavy (non-hydrogen) atoms. The standard InChI is InChI=1S/C24H25Cl2NO4/c1-16(2)27-14-19(28)15-29-22-11-12-23(30-20-7-3-17(25)4-8-20)24(13-22)31-21-9-5-18(26)6-10-21/h3-13,16,19,27-28H,14-15H2,1-2H3. The average molecular weight is 462 g/mol. The summed E-state index contributed by atoms with van der Waals surface area (Å²) in [5.74, 6) is 2.74. The second kappa shape index (κ2) is 11.3. The predicted molar refractivity (Wildman–Crippen MR) is 124 cm³/mol. The Kier molecular flexibility index (Phi) is 8.43. The molecule has 3 rings (SSSR count). The first-order valence-corrected chi connectivity index (χ1v) is 10.7. The lowest BCUT2D eigenvalue weighted by Crippen LogP contribution is -2.35. The molecule has 164 valence electrons. The maximum atomic E-state index is 10.1. The molecule has 3 aromatic carbocycles. The summed E-state index contributed by atoms with van der Waals surface area (Å²) in [7, 11) is 0. The van der Waals surface area contributed by atoms with Crippen molar-refractivity contribution in [2.45, 2.75) is 26.0 Å². The van der Waals surface area contributed by atoms with E-state index in [-0.39, 0.29) is 6.61 Å². The van der Waals surface area contributed by atoms with Crippen LogP contribution in [0.4, 0.5) is 0 Å². The van der Waals surface area contributed by atoms with Crippen LogP contribution in [0.15, 0.2) is 66.7 Å². The zero-order valence-electron chi connectivity index (χ0n) is 17.3. The molecule has 0 aliphatic carbocycles. The number of aliphatic hydroxyl groups excluding tert-OH is 1. The third-order valence-corrected chi connectivity index (χ3v) is 4.71. The number of aliphatic hydroxyl groups is 1. The fourth-order valence-corrected chi connectivity index (χ4v) is 2.88. The Morgan fingerprint density at radius 3 is 1.84 bits per heavy atom. The number of halogens is 2. The van der Waals surface area contributed by atoms with Crippen molar-refractivity contribution in [1.82, 2.24) is 5.32 Å². The minimum absolute atomic E-state index is 0.150. The van der Waals surface area contributed by atoms with Gasteiger partial charge in [0.25, 0.3) is 0 Å². The van der Waals surface area contributed by atoms with E-state index in [0.29, 0.717) is 51.4 Å². The van der Waals surface area contributed by atoms with E-state index in [4.69, 9.17) is 37.4 Å². The smallest absolute Gasteiger partial charge is 0.173 e. The first kappa shape index (κ1) is 23.2. The Balaban J connectivity index is 1.77. The van der Waals surface area contributed by atoms with Gasteiger partial charge in [-0.3, -0.25) is 0 Å². The van der Waals surface area contributed by atoms with Crippen LogP contribution in [0, 0.1) is 0 Å². The monoisotopic (exact) mass is 461 g/mol. The van der Waals surface area contributed by atoms with Crippen molar-refractivity contribution in [2.75, 3.05) is 13.2 Å². The second-order valence-electron chi connectivity index (χ2n) is 7.25. The Morgan fingerprint density at radius 2 is 1.29 bits per heavy atom. The molecule has 0 bridgehead atoms. The molecular weight excluding hydrogens is 437 g/mol. The molecule has 5 nitrogen and oxygen atoms in total. The van der Waals surface area contributed by atoms with Crippen molar-refractivity contribution in [3.63, 3.8) is 0 Å². The fourth-order valence-electron chi connectivity index (χ4n) is 2.62. The Bertz CT molecular complexity index is 962. The molecule has 0 aromatic heterocycles. The van der Waals surface area contributed by atoms with Gasteiger partial charge in [0.2, 0.25) is 0 Å². The first-order chi connectivity index (χ1) is 14.9. The summed E-state index contributed by atoms with van der Waals surface area (Å²) < 4.78 is 17.8.